The SMILES string of the molecule is Cc1ccccc1N1C(C)c2c(n(C)c3ccccc23)C12C1CC3CC(C1)CC2C3. The molecule has 0 saturated heterocycles. The van der Waals surface area contributed by atoms with Gasteiger partial charge in [0, 0.05) is 29.2 Å². The molecule has 1 atom stereocenters. The molecule has 8 rings (SSSR count). The van der Waals surface area contributed by atoms with Gasteiger partial charge in [0.2, 0.25) is 0 Å². The highest BCUT2D eigenvalue weighted by molar-refractivity contribution is 5.89. The Balaban J connectivity index is 1.57. The maximum atomic E-state index is 2.92. The molecule has 30 heavy (non-hydrogen) atoms. The van der Waals surface area contributed by atoms with E-state index in [0.29, 0.717) is 6.04 Å². The van der Waals surface area contributed by atoms with Crippen molar-refractivity contribution in [1.29, 1.82) is 0 Å². The van der Waals surface area contributed by atoms with Gasteiger partial charge in [-0.05, 0) is 87.3 Å². The minimum atomic E-state index is 0.169. The maximum Gasteiger partial charge on any atom is 0.0870 e. The normalized spacial score (nSPS) is 36.2. The van der Waals surface area contributed by atoms with Crippen molar-refractivity contribution in [1.82, 2.24) is 4.57 Å². The van der Waals surface area contributed by atoms with E-state index in [1.807, 2.05) is 0 Å². The van der Waals surface area contributed by atoms with E-state index in [1.165, 1.54) is 54.3 Å². The second-order valence-corrected chi connectivity index (χ2v) is 10.8. The lowest BCUT2D eigenvalue weighted by Gasteiger charge is -2.64. The molecule has 2 aromatic carbocycles. The van der Waals surface area contributed by atoms with E-state index in [0.717, 1.165) is 23.7 Å². The molecule has 1 aliphatic heterocycles. The van der Waals surface area contributed by atoms with Crippen molar-refractivity contribution >= 4 is 16.6 Å². The summed E-state index contributed by atoms with van der Waals surface area (Å²) in [7, 11) is 2.35. The third-order valence-electron chi connectivity index (χ3n) is 9.49. The average Bonchev–Trinajstić information content (AvgIpc) is 3.18. The fourth-order valence-electron chi connectivity index (χ4n) is 8.82. The Labute approximate surface area is 179 Å². The van der Waals surface area contributed by atoms with Gasteiger partial charge in [-0.3, -0.25) is 0 Å². The van der Waals surface area contributed by atoms with Gasteiger partial charge in [-0.2, -0.15) is 0 Å². The summed E-state index contributed by atoms with van der Waals surface area (Å²) in [6.45, 7) is 4.80. The van der Waals surface area contributed by atoms with Crippen molar-refractivity contribution in [2.75, 3.05) is 4.90 Å². The molecule has 1 aromatic heterocycles. The quantitative estimate of drug-likeness (QED) is 0.443. The summed E-state index contributed by atoms with van der Waals surface area (Å²) in [6, 6.07) is 18.7. The van der Waals surface area contributed by atoms with Gasteiger partial charge in [0.25, 0.3) is 0 Å². The highest BCUT2D eigenvalue weighted by atomic mass is 15.3. The lowest BCUT2D eigenvalue weighted by molar-refractivity contribution is -0.0629. The van der Waals surface area contributed by atoms with Gasteiger partial charge in [0.15, 0.2) is 0 Å². The van der Waals surface area contributed by atoms with Crippen LogP contribution in [0.25, 0.3) is 10.9 Å². The van der Waals surface area contributed by atoms with Gasteiger partial charge in [-0.25, -0.2) is 0 Å². The number of rotatable bonds is 1. The highest BCUT2D eigenvalue weighted by Gasteiger charge is 2.66. The summed E-state index contributed by atoms with van der Waals surface area (Å²) in [6.07, 6.45) is 7.24. The van der Waals surface area contributed by atoms with Crippen molar-refractivity contribution < 1.29 is 0 Å². The largest absolute Gasteiger partial charge is 0.353 e. The van der Waals surface area contributed by atoms with E-state index < -0.39 is 0 Å². The molecule has 0 radical (unpaired) electrons. The molecule has 154 valence electrons. The molecular formula is C28H32N2. The summed E-state index contributed by atoms with van der Waals surface area (Å²) >= 11 is 0. The van der Waals surface area contributed by atoms with Gasteiger partial charge < -0.3 is 9.47 Å². The first-order valence-corrected chi connectivity index (χ1v) is 12.0. The maximum absolute atomic E-state index is 2.92. The molecule has 2 heterocycles. The fraction of sp³-hybridized carbons (Fsp3) is 0.500. The van der Waals surface area contributed by atoms with Crippen molar-refractivity contribution in [3.05, 3.63) is 65.4 Å². The fourth-order valence-corrected chi connectivity index (χ4v) is 8.82. The Kier molecular flexibility index (Phi) is 3.33. The number of hydrogen-bond acceptors (Lipinski definition) is 1. The van der Waals surface area contributed by atoms with Gasteiger partial charge in [-0.1, -0.05) is 36.4 Å². The third kappa shape index (κ3) is 1.88. The van der Waals surface area contributed by atoms with E-state index in [9.17, 15) is 0 Å². The first kappa shape index (κ1) is 17.5. The second kappa shape index (κ2) is 5.72. The summed E-state index contributed by atoms with van der Waals surface area (Å²) < 4.78 is 2.60. The zero-order valence-corrected chi connectivity index (χ0v) is 18.4. The monoisotopic (exact) mass is 396 g/mol. The van der Waals surface area contributed by atoms with Crippen LogP contribution in [0.15, 0.2) is 48.5 Å². The third-order valence-corrected chi connectivity index (χ3v) is 9.49. The topological polar surface area (TPSA) is 8.17 Å². The summed E-state index contributed by atoms with van der Waals surface area (Å²) in [5.41, 5.74) is 7.76. The first-order valence-electron chi connectivity index (χ1n) is 12.0. The molecule has 4 bridgehead atoms. The van der Waals surface area contributed by atoms with Crippen LogP contribution >= 0.6 is 0 Å². The van der Waals surface area contributed by atoms with Crippen LogP contribution in [-0.4, -0.2) is 4.57 Å². The molecule has 1 spiro atoms. The van der Waals surface area contributed by atoms with Crippen LogP contribution in [0.4, 0.5) is 5.69 Å². The van der Waals surface area contributed by atoms with Gasteiger partial charge >= 0.3 is 0 Å². The van der Waals surface area contributed by atoms with E-state index >= 15 is 0 Å². The van der Waals surface area contributed by atoms with Crippen LogP contribution in [0.5, 0.6) is 0 Å². The Morgan fingerprint density at radius 2 is 1.47 bits per heavy atom. The number of aryl methyl sites for hydroxylation is 2. The van der Waals surface area contributed by atoms with Crippen molar-refractivity contribution in [3.8, 4) is 0 Å². The number of hydrogen-bond donors (Lipinski definition) is 0. The Hall–Kier alpha value is -2.22. The van der Waals surface area contributed by atoms with E-state index in [4.69, 9.17) is 0 Å². The standard InChI is InChI=1S/C28H32N2/c1-17-8-4-6-10-24(17)30-18(2)26-23-9-5-7-11-25(23)29(3)27(26)28(30)21-13-19-12-20(15-21)16-22(28)14-19/h4-11,18-22H,12-16H2,1-3H3. The van der Waals surface area contributed by atoms with Crippen LogP contribution in [0.1, 0.15) is 61.9 Å². The zero-order chi connectivity index (χ0) is 20.2. The lowest BCUT2D eigenvalue weighted by Crippen LogP contribution is -2.62. The highest BCUT2D eigenvalue weighted by Crippen LogP contribution is 2.69. The molecule has 4 aliphatic carbocycles. The number of para-hydroxylation sites is 2. The molecule has 0 N–H and O–H groups in total. The van der Waals surface area contributed by atoms with E-state index in [1.54, 1.807) is 11.3 Å². The van der Waals surface area contributed by atoms with Crippen LogP contribution in [0, 0.1) is 30.6 Å². The number of benzene rings is 2. The zero-order valence-electron chi connectivity index (χ0n) is 18.4. The van der Waals surface area contributed by atoms with Crippen molar-refractivity contribution in [3.63, 3.8) is 0 Å². The number of fused-ring (bicyclic) bond motifs is 3. The molecular weight excluding hydrogens is 364 g/mol. The molecule has 2 nitrogen and oxygen atoms in total. The smallest absolute Gasteiger partial charge is 0.0870 e. The van der Waals surface area contributed by atoms with Gasteiger partial charge in [0.05, 0.1) is 17.3 Å². The van der Waals surface area contributed by atoms with E-state index in [2.05, 4.69) is 78.9 Å². The van der Waals surface area contributed by atoms with Crippen LogP contribution < -0.4 is 4.90 Å². The molecule has 3 aromatic rings. The summed E-state index contributed by atoms with van der Waals surface area (Å²) in [5, 5.41) is 1.48. The van der Waals surface area contributed by atoms with Gasteiger partial charge in [-0.15, -0.1) is 0 Å². The summed E-state index contributed by atoms with van der Waals surface area (Å²) in [4.78, 5) is 2.92. The molecule has 4 fully saturated rings. The molecule has 5 aliphatic rings. The van der Waals surface area contributed by atoms with E-state index in [-0.39, 0.29) is 5.54 Å². The predicted molar refractivity (Wildman–Crippen MR) is 124 cm³/mol. The average molecular weight is 397 g/mol. The molecule has 4 saturated carbocycles. The second-order valence-electron chi connectivity index (χ2n) is 10.8. The summed E-state index contributed by atoms with van der Waals surface area (Å²) in [5.74, 6) is 3.54. The predicted octanol–water partition coefficient (Wildman–Crippen LogP) is 6.72. The Morgan fingerprint density at radius 1 is 0.833 bits per heavy atom. The van der Waals surface area contributed by atoms with Gasteiger partial charge in [0.1, 0.15) is 0 Å². The minimum absolute atomic E-state index is 0.169. The first-order chi connectivity index (χ1) is 14.6. The molecule has 2 heteroatoms. The Bertz CT molecular complexity index is 1140. The van der Waals surface area contributed by atoms with Crippen LogP contribution in [0.2, 0.25) is 0 Å². The number of aromatic nitrogens is 1. The lowest BCUT2D eigenvalue weighted by atomic mass is 9.47. The number of nitrogens with zero attached hydrogens (tertiary/aromatic N) is 2. The molecule has 1 unspecified atom stereocenters. The van der Waals surface area contributed by atoms with Crippen LogP contribution in [0.3, 0.4) is 0 Å². The minimum Gasteiger partial charge on any atom is -0.353 e. The van der Waals surface area contributed by atoms with Crippen molar-refractivity contribution in [2.24, 2.45) is 30.7 Å². The van der Waals surface area contributed by atoms with Crippen LogP contribution in [-0.2, 0) is 12.6 Å². The van der Waals surface area contributed by atoms with Crippen molar-refractivity contribution in [2.45, 2.75) is 57.5 Å². The number of anilines is 1. The Morgan fingerprint density at radius 3 is 2.17 bits per heavy atom. The molecule has 0 amide bonds.